The maximum absolute atomic E-state index is 13.2. The summed E-state index contributed by atoms with van der Waals surface area (Å²) >= 11 is 7.81. The molecule has 2 aromatic carbocycles. The maximum atomic E-state index is 13.2. The maximum Gasteiger partial charge on any atom is 0.261 e. The van der Waals surface area contributed by atoms with E-state index in [9.17, 15) is 4.79 Å². The van der Waals surface area contributed by atoms with E-state index in [-0.39, 0.29) is 11.9 Å². The second-order valence-corrected chi connectivity index (χ2v) is 11.9. The van der Waals surface area contributed by atoms with Gasteiger partial charge in [-0.15, -0.1) is 11.3 Å². The molecule has 43 heavy (non-hydrogen) atoms. The Kier molecular flexibility index (Phi) is 7.44. The largest absolute Gasteiger partial charge is 0.370 e. The summed E-state index contributed by atoms with van der Waals surface area (Å²) in [4.78, 5) is 29.4. The van der Waals surface area contributed by atoms with Crippen LogP contribution >= 0.6 is 22.9 Å². The molecule has 0 aliphatic carbocycles. The van der Waals surface area contributed by atoms with Crippen LogP contribution in [0.25, 0.3) is 32.6 Å². The van der Waals surface area contributed by atoms with Crippen molar-refractivity contribution in [1.29, 1.82) is 0 Å². The van der Waals surface area contributed by atoms with Crippen molar-refractivity contribution in [2.24, 2.45) is 0 Å². The summed E-state index contributed by atoms with van der Waals surface area (Å²) < 4.78 is 1.02. The first-order valence-corrected chi connectivity index (χ1v) is 15.2. The van der Waals surface area contributed by atoms with E-state index in [1.807, 2.05) is 66.9 Å². The Morgan fingerprint density at radius 1 is 0.953 bits per heavy atom. The van der Waals surface area contributed by atoms with E-state index in [4.69, 9.17) is 16.6 Å². The van der Waals surface area contributed by atoms with Gasteiger partial charge in [0.1, 0.15) is 5.82 Å². The predicted molar refractivity (Wildman–Crippen MR) is 172 cm³/mol. The van der Waals surface area contributed by atoms with Gasteiger partial charge in [0.2, 0.25) is 0 Å². The molecule has 5 heterocycles. The fourth-order valence-corrected chi connectivity index (χ4v) is 6.54. The average Bonchev–Trinajstić information content (AvgIpc) is 3.73. The second-order valence-electron chi connectivity index (χ2n) is 10.4. The Morgan fingerprint density at radius 3 is 2.58 bits per heavy atom. The molecular formula is C32H27ClN8OS. The number of rotatable bonds is 7. The third-order valence-corrected chi connectivity index (χ3v) is 8.96. The Morgan fingerprint density at radius 2 is 1.79 bits per heavy atom. The number of benzene rings is 2. The number of hydrogen-bond acceptors (Lipinski definition) is 8. The molecule has 1 fully saturated rings. The number of pyridine rings is 1. The highest BCUT2D eigenvalue weighted by Crippen LogP contribution is 2.31. The van der Waals surface area contributed by atoms with Crippen LogP contribution in [-0.2, 0) is 0 Å². The normalized spacial score (nSPS) is 13.7. The lowest BCUT2D eigenvalue weighted by Gasteiger charge is -2.34. The van der Waals surface area contributed by atoms with Crippen molar-refractivity contribution in [2.45, 2.75) is 18.9 Å². The number of piperidine rings is 1. The first kappa shape index (κ1) is 27.1. The zero-order valence-electron chi connectivity index (χ0n) is 23.0. The van der Waals surface area contributed by atoms with Crippen LogP contribution < -0.4 is 15.5 Å². The molecular weight excluding hydrogens is 580 g/mol. The molecule has 3 N–H and O–H groups in total. The number of hydrogen-bond donors (Lipinski definition) is 3. The number of aromatic nitrogens is 5. The lowest BCUT2D eigenvalue weighted by atomic mass is 10.0. The fraction of sp³-hybridized carbons (Fsp3) is 0.156. The van der Waals surface area contributed by atoms with Crippen LogP contribution in [0.3, 0.4) is 0 Å². The van der Waals surface area contributed by atoms with Gasteiger partial charge in [-0.1, -0.05) is 35.9 Å². The lowest BCUT2D eigenvalue weighted by Crippen LogP contribution is -2.44. The van der Waals surface area contributed by atoms with Gasteiger partial charge in [0.15, 0.2) is 5.82 Å². The van der Waals surface area contributed by atoms with Gasteiger partial charge in [0, 0.05) is 65.4 Å². The highest BCUT2D eigenvalue weighted by atomic mass is 35.5. The van der Waals surface area contributed by atoms with E-state index in [0.29, 0.717) is 21.5 Å². The number of nitrogens with one attached hydrogen (secondary N) is 3. The Labute approximate surface area is 257 Å². The third-order valence-electron chi connectivity index (χ3n) is 7.57. The number of amides is 1. The van der Waals surface area contributed by atoms with Crippen molar-refractivity contribution < 1.29 is 4.79 Å². The van der Waals surface area contributed by atoms with Crippen molar-refractivity contribution in [1.82, 2.24) is 30.5 Å². The lowest BCUT2D eigenvalue weighted by molar-refractivity contribution is 0.0935. The van der Waals surface area contributed by atoms with E-state index < -0.39 is 0 Å². The molecule has 7 rings (SSSR count). The summed E-state index contributed by atoms with van der Waals surface area (Å²) in [6.07, 6.45) is 10.5. The molecule has 0 saturated carbocycles. The molecule has 1 aliphatic rings. The predicted octanol–water partition coefficient (Wildman–Crippen LogP) is 6.94. The number of anilines is 3. The van der Waals surface area contributed by atoms with Crippen LogP contribution in [0.2, 0.25) is 5.02 Å². The first-order chi connectivity index (χ1) is 21.1. The molecule has 1 saturated heterocycles. The van der Waals surface area contributed by atoms with Crippen LogP contribution in [0.15, 0.2) is 91.6 Å². The van der Waals surface area contributed by atoms with Gasteiger partial charge < -0.3 is 15.5 Å². The number of halogens is 1. The molecule has 9 nitrogen and oxygen atoms in total. The topological polar surface area (TPSA) is 112 Å². The zero-order valence-corrected chi connectivity index (χ0v) is 24.6. The van der Waals surface area contributed by atoms with Gasteiger partial charge in [-0.05, 0) is 60.2 Å². The summed E-state index contributed by atoms with van der Waals surface area (Å²) in [7, 11) is 0. The average molecular weight is 607 g/mol. The van der Waals surface area contributed by atoms with Crippen LogP contribution in [0.5, 0.6) is 0 Å². The van der Waals surface area contributed by atoms with E-state index >= 15 is 0 Å². The summed E-state index contributed by atoms with van der Waals surface area (Å²) in [6.45, 7) is 1.66. The van der Waals surface area contributed by atoms with Crippen LogP contribution in [0.1, 0.15) is 22.5 Å². The summed E-state index contributed by atoms with van der Waals surface area (Å²) in [5, 5.41) is 15.1. The SMILES string of the molecule is O=C(NC1CCN(c2ccncc2Cl)CC1)c1cc2ccc(-c3nccc(Nc4ccc(-c5cn[nH]c5)cc4)n3)cc2s1. The molecule has 1 amide bonds. The molecule has 6 aromatic rings. The van der Waals surface area contributed by atoms with Gasteiger partial charge in [0.05, 0.1) is 21.8 Å². The van der Waals surface area contributed by atoms with Crippen LogP contribution in [0, 0.1) is 0 Å². The van der Waals surface area contributed by atoms with Gasteiger partial charge in [-0.3, -0.25) is 14.9 Å². The monoisotopic (exact) mass is 606 g/mol. The molecule has 1 aliphatic heterocycles. The highest BCUT2D eigenvalue weighted by molar-refractivity contribution is 7.20. The molecule has 0 unspecified atom stereocenters. The Hall–Kier alpha value is -4.80. The molecule has 0 radical (unpaired) electrons. The quantitative estimate of drug-likeness (QED) is 0.180. The summed E-state index contributed by atoms with van der Waals surface area (Å²) in [5.41, 5.74) is 4.92. The van der Waals surface area contributed by atoms with Gasteiger partial charge in [0.25, 0.3) is 5.91 Å². The minimum Gasteiger partial charge on any atom is -0.370 e. The van der Waals surface area contributed by atoms with Crippen LogP contribution in [-0.4, -0.2) is 50.2 Å². The second kappa shape index (κ2) is 11.8. The Bertz CT molecular complexity index is 1880. The first-order valence-electron chi connectivity index (χ1n) is 14.0. The summed E-state index contributed by atoms with van der Waals surface area (Å²) in [6, 6.07) is 20.0. The van der Waals surface area contributed by atoms with Crippen LogP contribution in [0.4, 0.5) is 17.2 Å². The number of carbonyl (C=O) groups is 1. The number of thiophene rings is 1. The van der Waals surface area contributed by atoms with Crippen molar-refractivity contribution in [3.8, 4) is 22.5 Å². The number of carbonyl (C=O) groups excluding carboxylic acids is 1. The number of fused-ring (bicyclic) bond motifs is 1. The van der Waals surface area contributed by atoms with Gasteiger partial charge >= 0.3 is 0 Å². The standard InChI is InChI=1S/C32H27ClN8OS/c33-26-19-34-11-7-27(26)41-13-9-25(10-14-41)39-32(42)29-15-21-1-2-22(16-28(21)43-29)31-35-12-8-30(40-31)38-24-5-3-20(4-6-24)23-17-36-37-18-23/h1-8,11-12,15-19,25H,9-10,13-14H2,(H,36,37)(H,39,42)(H,35,38,40). The van der Waals surface area contributed by atoms with Crippen molar-refractivity contribution in [2.75, 3.05) is 23.3 Å². The van der Waals surface area contributed by atoms with E-state index in [2.05, 4.69) is 35.7 Å². The molecule has 11 heteroatoms. The zero-order chi connectivity index (χ0) is 29.2. The van der Waals surface area contributed by atoms with Crippen molar-refractivity contribution >= 4 is 56.1 Å². The molecule has 0 bridgehead atoms. The molecule has 214 valence electrons. The fourth-order valence-electron chi connectivity index (χ4n) is 5.30. The summed E-state index contributed by atoms with van der Waals surface area (Å²) in [5.74, 6) is 1.27. The van der Waals surface area contributed by atoms with Gasteiger partial charge in [-0.2, -0.15) is 5.10 Å². The van der Waals surface area contributed by atoms with Gasteiger partial charge in [-0.25, -0.2) is 9.97 Å². The molecule has 0 spiro atoms. The van der Waals surface area contributed by atoms with E-state index in [1.54, 1.807) is 24.8 Å². The highest BCUT2D eigenvalue weighted by Gasteiger charge is 2.23. The number of nitrogens with zero attached hydrogens (tertiary/aromatic N) is 5. The van der Waals surface area contributed by atoms with Crippen molar-refractivity contribution in [3.63, 3.8) is 0 Å². The van der Waals surface area contributed by atoms with E-state index in [1.165, 1.54) is 11.3 Å². The molecule has 0 atom stereocenters. The number of aromatic amines is 1. The molecule has 4 aromatic heterocycles. The Balaban J connectivity index is 1.01. The van der Waals surface area contributed by atoms with Crippen molar-refractivity contribution in [3.05, 3.63) is 102 Å². The third kappa shape index (κ3) is 5.93. The minimum atomic E-state index is -0.0376. The minimum absolute atomic E-state index is 0.0376. The smallest absolute Gasteiger partial charge is 0.261 e. The number of H-pyrrole nitrogens is 1. The van der Waals surface area contributed by atoms with E-state index in [0.717, 1.165) is 64.1 Å².